The summed E-state index contributed by atoms with van der Waals surface area (Å²) < 4.78 is 20.1. The number of pyridine rings is 1. The lowest BCUT2D eigenvalue weighted by atomic mass is 9.98. The number of carbonyl (C=O) groups excluding carboxylic acids is 1. The molecule has 1 amide bonds. The summed E-state index contributed by atoms with van der Waals surface area (Å²) in [6.45, 7) is 4.65. The van der Waals surface area contributed by atoms with Gasteiger partial charge in [-0.25, -0.2) is 4.39 Å². The average Bonchev–Trinajstić information content (AvgIpc) is 2.80. The van der Waals surface area contributed by atoms with Gasteiger partial charge in [-0.1, -0.05) is 12.1 Å². The van der Waals surface area contributed by atoms with Gasteiger partial charge in [0, 0.05) is 43.9 Å². The van der Waals surface area contributed by atoms with Crippen LogP contribution in [0.2, 0.25) is 0 Å². The van der Waals surface area contributed by atoms with E-state index in [0.29, 0.717) is 35.9 Å². The maximum atomic E-state index is 13.9. The second-order valence-electron chi connectivity index (χ2n) is 8.37. The van der Waals surface area contributed by atoms with Gasteiger partial charge in [0.05, 0.1) is 18.4 Å². The Balaban J connectivity index is 1.35. The minimum Gasteiger partial charge on any atom is -0.492 e. The first-order valence-electron chi connectivity index (χ1n) is 11.0. The highest BCUT2D eigenvalue weighted by atomic mass is 19.1. The van der Waals surface area contributed by atoms with Crippen LogP contribution in [0.4, 0.5) is 4.39 Å². The number of likely N-dealkylation sites (tertiary alicyclic amines) is 2. The van der Waals surface area contributed by atoms with Crippen molar-refractivity contribution in [3.05, 3.63) is 59.7 Å². The molecule has 6 heteroatoms. The number of hydrogen-bond donors (Lipinski definition) is 0. The largest absolute Gasteiger partial charge is 0.492 e. The molecule has 4 rings (SSSR count). The Morgan fingerprint density at radius 2 is 1.93 bits per heavy atom. The monoisotopic (exact) mass is 411 g/mol. The second kappa shape index (κ2) is 10.0. The Morgan fingerprint density at radius 3 is 2.77 bits per heavy atom. The zero-order valence-corrected chi connectivity index (χ0v) is 17.4. The van der Waals surface area contributed by atoms with Crippen molar-refractivity contribution in [3.8, 4) is 5.75 Å². The summed E-state index contributed by atoms with van der Waals surface area (Å²) in [6.07, 6.45) is 8.40. The van der Waals surface area contributed by atoms with E-state index in [1.807, 2.05) is 29.2 Å². The van der Waals surface area contributed by atoms with Crippen molar-refractivity contribution in [1.82, 2.24) is 14.8 Å². The molecule has 0 N–H and O–H groups in total. The van der Waals surface area contributed by atoms with Gasteiger partial charge in [0.1, 0.15) is 11.6 Å². The number of hydrogen-bond acceptors (Lipinski definition) is 4. The average molecular weight is 412 g/mol. The third-order valence-electron chi connectivity index (χ3n) is 6.09. The predicted molar refractivity (Wildman–Crippen MR) is 114 cm³/mol. The van der Waals surface area contributed by atoms with E-state index in [4.69, 9.17) is 4.74 Å². The number of para-hydroxylation sites is 1. The molecule has 0 radical (unpaired) electrons. The van der Waals surface area contributed by atoms with Crippen molar-refractivity contribution >= 4 is 5.91 Å². The van der Waals surface area contributed by atoms with Crippen LogP contribution in [-0.4, -0.2) is 53.5 Å². The van der Waals surface area contributed by atoms with Crippen molar-refractivity contribution in [2.75, 3.05) is 32.8 Å². The van der Waals surface area contributed by atoms with Crippen LogP contribution < -0.4 is 4.74 Å². The molecule has 2 aliphatic heterocycles. The summed E-state index contributed by atoms with van der Waals surface area (Å²) in [7, 11) is 0. The van der Waals surface area contributed by atoms with Gasteiger partial charge in [-0.2, -0.15) is 0 Å². The van der Waals surface area contributed by atoms with Gasteiger partial charge in [0.2, 0.25) is 0 Å². The zero-order chi connectivity index (χ0) is 20.8. The van der Waals surface area contributed by atoms with Crippen LogP contribution in [0.5, 0.6) is 5.75 Å². The van der Waals surface area contributed by atoms with Crippen molar-refractivity contribution in [2.24, 2.45) is 5.92 Å². The fourth-order valence-electron chi connectivity index (χ4n) is 4.45. The molecule has 2 aliphatic rings. The molecule has 160 valence electrons. The fourth-order valence-corrected chi connectivity index (χ4v) is 4.45. The molecule has 5 nitrogen and oxygen atoms in total. The summed E-state index contributed by atoms with van der Waals surface area (Å²) in [5.74, 6) is 0.858. The molecular formula is C24H30FN3O2. The summed E-state index contributed by atoms with van der Waals surface area (Å²) in [4.78, 5) is 21.0. The molecule has 0 bridgehead atoms. The lowest BCUT2D eigenvalue weighted by Crippen LogP contribution is -2.38. The van der Waals surface area contributed by atoms with Gasteiger partial charge >= 0.3 is 0 Å². The Kier molecular flexibility index (Phi) is 6.95. The number of carbonyl (C=O) groups is 1. The summed E-state index contributed by atoms with van der Waals surface area (Å²) >= 11 is 0. The van der Waals surface area contributed by atoms with Crippen LogP contribution in [0.1, 0.15) is 48.0 Å². The molecule has 2 fully saturated rings. The van der Waals surface area contributed by atoms with Gasteiger partial charge < -0.3 is 9.64 Å². The van der Waals surface area contributed by atoms with Gasteiger partial charge in [-0.05, 0) is 56.8 Å². The van der Waals surface area contributed by atoms with E-state index in [0.717, 1.165) is 51.9 Å². The number of rotatable bonds is 6. The topological polar surface area (TPSA) is 45.7 Å². The number of piperidine rings is 2. The van der Waals surface area contributed by atoms with Crippen LogP contribution >= 0.6 is 0 Å². The Morgan fingerprint density at radius 1 is 1.10 bits per heavy atom. The molecule has 0 saturated carbocycles. The number of nitrogens with zero attached hydrogens (tertiary/aromatic N) is 3. The minimum absolute atomic E-state index is 0.0729. The Labute approximate surface area is 177 Å². The van der Waals surface area contributed by atoms with Crippen LogP contribution in [0.15, 0.2) is 42.7 Å². The maximum Gasteiger partial charge on any atom is 0.257 e. The minimum atomic E-state index is -0.249. The van der Waals surface area contributed by atoms with E-state index < -0.39 is 0 Å². The number of benzene rings is 1. The predicted octanol–water partition coefficient (Wildman–Crippen LogP) is 4.14. The number of aromatic nitrogens is 1. The molecule has 2 saturated heterocycles. The molecule has 0 spiro atoms. The SMILES string of the molecule is O=C(c1ccccc1OCC1CCCN(Cc2ccncc2F)C1)N1CCCCC1. The molecule has 1 aromatic heterocycles. The maximum absolute atomic E-state index is 13.9. The standard InChI is InChI=1S/C24H30FN3O2/c25-22-15-26-11-10-20(22)17-27-12-6-7-19(16-27)18-30-23-9-3-2-8-21(23)24(29)28-13-4-1-5-14-28/h2-3,8-11,15,19H,1,4-7,12-14,16-18H2. The third kappa shape index (κ3) is 5.17. The molecule has 30 heavy (non-hydrogen) atoms. The number of halogens is 1. The first kappa shape index (κ1) is 20.8. The molecule has 1 aromatic carbocycles. The first-order chi connectivity index (χ1) is 14.7. The van der Waals surface area contributed by atoms with Crippen molar-refractivity contribution in [3.63, 3.8) is 0 Å². The molecule has 1 atom stereocenters. The van der Waals surface area contributed by atoms with Crippen LogP contribution in [0.25, 0.3) is 0 Å². The van der Waals surface area contributed by atoms with E-state index in [-0.39, 0.29) is 11.7 Å². The van der Waals surface area contributed by atoms with E-state index in [9.17, 15) is 9.18 Å². The highest BCUT2D eigenvalue weighted by Crippen LogP contribution is 2.25. The molecular weight excluding hydrogens is 381 g/mol. The van der Waals surface area contributed by atoms with Gasteiger partial charge in [-0.3, -0.25) is 14.7 Å². The van der Waals surface area contributed by atoms with E-state index >= 15 is 0 Å². The number of amides is 1. The third-order valence-corrected chi connectivity index (χ3v) is 6.09. The molecule has 1 unspecified atom stereocenters. The van der Waals surface area contributed by atoms with E-state index in [1.165, 1.54) is 12.6 Å². The molecule has 2 aromatic rings. The second-order valence-corrected chi connectivity index (χ2v) is 8.37. The Bertz CT molecular complexity index is 854. The Hall–Kier alpha value is -2.47. The fraction of sp³-hybridized carbons (Fsp3) is 0.500. The first-order valence-corrected chi connectivity index (χ1v) is 11.0. The summed E-state index contributed by atoms with van der Waals surface area (Å²) in [6, 6.07) is 9.32. The van der Waals surface area contributed by atoms with Gasteiger partial charge in [0.25, 0.3) is 5.91 Å². The van der Waals surface area contributed by atoms with Crippen molar-refractivity contribution in [1.29, 1.82) is 0 Å². The van der Waals surface area contributed by atoms with Crippen LogP contribution in [0.3, 0.4) is 0 Å². The van der Waals surface area contributed by atoms with Gasteiger partial charge in [-0.15, -0.1) is 0 Å². The summed E-state index contributed by atoms with van der Waals surface area (Å²) in [5, 5.41) is 0. The van der Waals surface area contributed by atoms with Crippen LogP contribution in [-0.2, 0) is 6.54 Å². The smallest absolute Gasteiger partial charge is 0.257 e. The zero-order valence-electron chi connectivity index (χ0n) is 17.4. The van der Waals surface area contributed by atoms with Gasteiger partial charge in [0.15, 0.2) is 0 Å². The highest BCUT2D eigenvalue weighted by Gasteiger charge is 2.24. The lowest BCUT2D eigenvalue weighted by molar-refractivity contribution is 0.0716. The van der Waals surface area contributed by atoms with Crippen molar-refractivity contribution < 1.29 is 13.9 Å². The van der Waals surface area contributed by atoms with Crippen molar-refractivity contribution in [2.45, 2.75) is 38.6 Å². The quantitative estimate of drug-likeness (QED) is 0.717. The van der Waals surface area contributed by atoms with E-state index in [2.05, 4.69) is 9.88 Å². The number of ether oxygens (including phenoxy) is 1. The highest BCUT2D eigenvalue weighted by molar-refractivity contribution is 5.97. The summed E-state index contributed by atoms with van der Waals surface area (Å²) in [5.41, 5.74) is 1.34. The normalized spacial score (nSPS) is 20.2. The van der Waals surface area contributed by atoms with E-state index in [1.54, 1.807) is 12.3 Å². The molecule has 3 heterocycles. The van der Waals surface area contributed by atoms with Crippen LogP contribution in [0, 0.1) is 11.7 Å². The lowest BCUT2D eigenvalue weighted by Gasteiger charge is -2.33. The molecule has 0 aliphatic carbocycles.